The van der Waals surface area contributed by atoms with Gasteiger partial charge in [0.2, 0.25) is 17.7 Å². The molecule has 0 spiro atoms. The minimum Gasteiger partial charge on any atom is -0.460 e. The molecule has 0 saturated carbocycles. The van der Waals surface area contributed by atoms with Gasteiger partial charge in [-0.15, -0.1) is 0 Å². The van der Waals surface area contributed by atoms with Gasteiger partial charge in [-0.3, -0.25) is 24.1 Å². The van der Waals surface area contributed by atoms with Crippen molar-refractivity contribution >= 4 is 23.7 Å². The molecule has 1 aliphatic heterocycles. The van der Waals surface area contributed by atoms with E-state index in [1.54, 1.807) is 0 Å². The molecule has 3 rings (SSSR count). The van der Waals surface area contributed by atoms with Gasteiger partial charge in [-0.05, 0) is 30.7 Å². The molecule has 1 aromatic rings. The van der Waals surface area contributed by atoms with Crippen molar-refractivity contribution in [1.29, 1.82) is 0 Å². The monoisotopic (exact) mass is 412 g/mol. The quantitative estimate of drug-likeness (QED) is 0.401. The number of esters is 1. The van der Waals surface area contributed by atoms with Crippen LogP contribution in [0.25, 0.3) is 0 Å². The first-order chi connectivity index (χ1) is 14.4. The van der Waals surface area contributed by atoms with E-state index in [4.69, 9.17) is 4.74 Å². The number of amides is 3. The van der Waals surface area contributed by atoms with Gasteiger partial charge in [0.15, 0.2) is 0 Å². The lowest BCUT2D eigenvalue weighted by Crippen LogP contribution is -2.51. The van der Waals surface area contributed by atoms with E-state index in [9.17, 15) is 19.2 Å². The van der Waals surface area contributed by atoms with Crippen LogP contribution in [0.1, 0.15) is 38.7 Å². The Morgan fingerprint density at radius 1 is 1.07 bits per heavy atom. The molecule has 30 heavy (non-hydrogen) atoms. The maximum absolute atomic E-state index is 12.9. The van der Waals surface area contributed by atoms with Crippen molar-refractivity contribution in [1.82, 2.24) is 10.2 Å². The Morgan fingerprint density at radius 3 is 2.23 bits per heavy atom. The number of ether oxygens (including phenoxy) is 1. The fourth-order valence-corrected chi connectivity index (χ4v) is 3.98. The Hall–Kier alpha value is -2.96. The van der Waals surface area contributed by atoms with E-state index in [0.717, 1.165) is 10.5 Å². The molecule has 1 N–H and O–H groups in total. The van der Waals surface area contributed by atoms with Crippen LogP contribution in [0.5, 0.6) is 0 Å². The number of rotatable bonds is 8. The molecule has 1 heterocycles. The molecule has 3 unspecified atom stereocenters. The molecule has 3 atom stereocenters. The third-order valence-corrected chi connectivity index (χ3v) is 5.50. The molecule has 3 amide bonds. The number of hydrogen-bond acceptors (Lipinski definition) is 5. The van der Waals surface area contributed by atoms with Crippen molar-refractivity contribution in [2.75, 3.05) is 6.54 Å². The summed E-state index contributed by atoms with van der Waals surface area (Å²) < 4.78 is 5.17. The third-order valence-electron chi connectivity index (χ3n) is 5.50. The van der Waals surface area contributed by atoms with Gasteiger partial charge in [-0.1, -0.05) is 56.3 Å². The smallest absolute Gasteiger partial charge is 0.325 e. The zero-order valence-electron chi connectivity index (χ0n) is 17.4. The van der Waals surface area contributed by atoms with Crippen LogP contribution in [0.4, 0.5) is 0 Å². The first kappa shape index (κ1) is 21.7. The fourth-order valence-electron chi connectivity index (χ4n) is 3.98. The number of nitrogens with one attached hydrogen (secondary N) is 1. The van der Waals surface area contributed by atoms with Crippen molar-refractivity contribution in [3.05, 3.63) is 48.0 Å². The van der Waals surface area contributed by atoms with Crippen LogP contribution in [0.2, 0.25) is 0 Å². The minimum absolute atomic E-state index is 0.0899. The molecule has 0 aromatic heterocycles. The van der Waals surface area contributed by atoms with Gasteiger partial charge in [0, 0.05) is 0 Å². The molecular weight excluding hydrogens is 384 g/mol. The van der Waals surface area contributed by atoms with E-state index < -0.39 is 17.9 Å². The molecule has 1 fully saturated rings. The Bertz CT molecular complexity index is 807. The largest absolute Gasteiger partial charge is 0.460 e. The highest BCUT2D eigenvalue weighted by Crippen LogP contribution is 2.37. The summed E-state index contributed by atoms with van der Waals surface area (Å²) in [6, 6.07) is 8.31. The number of carbonyl (C=O) groups is 4. The topological polar surface area (TPSA) is 92.8 Å². The van der Waals surface area contributed by atoms with Crippen LogP contribution >= 0.6 is 0 Å². The SMILES string of the molecule is CC(C)CC(C(=O)NCC(=O)OCc1ccccc1)N1C(=O)C2CC=CCC2C1=O. The first-order valence-corrected chi connectivity index (χ1v) is 10.4. The molecule has 1 aromatic carbocycles. The third kappa shape index (κ3) is 4.96. The number of allylic oxidation sites excluding steroid dienone is 2. The van der Waals surface area contributed by atoms with Crippen LogP contribution < -0.4 is 5.32 Å². The van der Waals surface area contributed by atoms with Crippen LogP contribution in [-0.4, -0.2) is 41.2 Å². The van der Waals surface area contributed by atoms with Gasteiger partial charge >= 0.3 is 5.97 Å². The molecule has 7 nitrogen and oxygen atoms in total. The second kappa shape index (κ2) is 9.69. The normalized spacial score (nSPS) is 21.5. The van der Waals surface area contributed by atoms with Crippen molar-refractivity contribution in [3.63, 3.8) is 0 Å². The molecule has 0 bridgehead atoms. The lowest BCUT2D eigenvalue weighted by Gasteiger charge is -2.27. The van der Waals surface area contributed by atoms with Gasteiger partial charge < -0.3 is 10.1 Å². The molecular formula is C23H28N2O5. The van der Waals surface area contributed by atoms with Crippen molar-refractivity contribution in [3.8, 4) is 0 Å². The van der Waals surface area contributed by atoms with Crippen LogP contribution in [-0.2, 0) is 30.5 Å². The maximum atomic E-state index is 12.9. The van der Waals surface area contributed by atoms with Crippen LogP contribution in [0.3, 0.4) is 0 Å². The number of carbonyl (C=O) groups excluding carboxylic acids is 4. The highest BCUT2D eigenvalue weighted by atomic mass is 16.5. The predicted molar refractivity (Wildman–Crippen MR) is 110 cm³/mol. The zero-order valence-corrected chi connectivity index (χ0v) is 17.4. The molecule has 1 aliphatic carbocycles. The number of fused-ring (bicyclic) bond motifs is 1. The van der Waals surface area contributed by atoms with E-state index in [0.29, 0.717) is 19.3 Å². The van der Waals surface area contributed by atoms with E-state index in [2.05, 4.69) is 5.32 Å². The summed E-state index contributed by atoms with van der Waals surface area (Å²) in [5.41, 5.74) is 0.847. The molecule has 0 radical (unpaired) electrons. The molecule has 1 saturated heterocycles. The van der Waals surface area contributed by atoms with Gasteiger partial charge in [0.25, 0.3) is 0 Å². The lowest BCUT2D eigenvalue weighted by molar-refractivity contribution is -0.149. The molecule has 7 heteroatoms. The van der Waals surface area contributed by atoms with Crippen LogP contribution in [0.15, 0.2) is 42.5 Å². The van der Waals surface area contributed by atoms with Crippen molar-refractivity contribution < 1.29 is 23.9 Å². The lowest BCUT2D eigenvalue weighted by atomic mass is 9.85. The Labute approximate surface area is 176 Å². The summed E-state index contributed by atoms with van der Waals surface area (Å²) in [6.45, 7) is 3.65. The standard InChI is InChI=1S/C23H28N2O5/c1-15(2)12-19(25-22(28)17-10-6-7-11-18(17)23(25)29)21(27)24-13-20(26)30-14-16-8-4-3-5-9-16/h3-9,15,17-19H,10-14H2,1-2H3,(H,24,27). The Balaban J connectivity index is 1.61. The molecule has 160 valence electrons. The summed E-state index contributed by atoms with van der Waals surface area (Å²) in [7, 11) is 0. The van der Waals surface area contributed by atoms with E-state index in [1.165, 1.54) is 0 Å². The van der Waals surface area contributed by atoms with Crippen molar-refractivity contribution in [2.24, 2.45) is 17.8 Å². The highest BCUT2D eigenvalue weighted by molar-refractivity contribution is 6.08. The molecule has 2 aliphatic rings. The summed E-state index contributed by atoms with van der Waals surface area (Å²) >= 11 is 0. The maximum Gasteiger partial charge on any atom is 0.325 e. The minimum atomic E-state index is -0.919. The second-order valence-corrected chi connectivity index (χ2v) is 8.21. The van der Waals surface area contributed by atoms with Gasteiger partial charge in [-0.25, -0.2) is 0 Å². The number of nitrogens with zero attached hydrogens (tertiary/aromatic N) is 1. The summed E-state index contributed by atoms with van der Waals surface area (Å²) in [6.07, 6.45) is 5.21. The second-order valence-electron chi connectivity index (χ2n) is 8.21. The average molecular weight is 412 g/mol. The van der Waals surface area contributed by atoms with E-state index in [1.807, 2.05) is 56.3 Å². The summed E-state index contributed by atoms with van der Waals surface area (Å²) in [5, 5.41) is 2.55. The van der Waals surface area contributed by atoms with Gasteiger partial charge in [0.05, 0.1) is 11.8 Å². The zero-order chi connectivity index (χ0) is 21.7. The van der Waals surface area contributed by atoms with E-state index >= 15 is 0 Å². The average Bonchev–Trinajstić information content (AvgIpc) is 3.00. The predicted octanol–water partition coefficient (Wildman–Crippen LogP) is 2.21. The number of hydrogen-bond donors (Lipinski definition) is 1. The summed E-state index contributed by atoms with van der Waals surface area (Å²) in [4.78, 5) is 51.8. The number of benzene rings is 1. The number of likely N-dealkylation sites (tertiary alicyclic amines) is 1. The summed E-state index contributed by atoms with van der Waals surface area (Å²) in [5.74, 6) is -2.35. The van der Waals surface area contributed by atoms with E-state index in [-0.39, 0.29) is 42.7 Å². The Morgan fingerprint density at radius 2 is 1.67 bits per heavy atom. The van der Waals surface area contributed by atoms with Crippen molar-refractivity contribution in [2.45, 2.75) is 45.8 Å². The van der Waals surface area contributed by atoms with Gasteiger partial charge in [-0.2, -0.15) is 0 Å². The fraction of sp³-hybridized carbons (Fsp3) is 0.478. The van der Waals surface area contributed by atoms with Crippen LogP contribution in [0, 0.1) is 17.8 Å². The number of imide groups is 1. The Kier molecular flexibility index (Phi) is 7.03. The first-order valence-electron chi connectivity index (χ1n) is 10.4. The van der Waals surface area contributed by atoms with Gasteiger partial charge in [0.1, 0.15) is 19.2 Å². The highest BCUT2D eigenvalue weighted by Gasteiger charge is 2.51.